The Kier molecular flexibility index (Phi) is 5.87. The average molecular weight is 260 g/mol. The van der Waals surface area contributed by atoms with E-state index in [-0.39, 0.29) is 0 Å². The highest BCUT2D eigenvalue weighted by Gasteiger charge is 2.19. The predicted octanol–water partition coefficient (Wildman–Crippen LogP) is 3.46. The van der Waals surface area contributed by atoms with Crippen LogP contribution in [-0.4, -0.2) is 31.1 Å². The van der Waals surface area contributed by atoms with Crippen molar-refractivity contribution in [3.8, 4) is 0 Å². The topological polar surface area (TPSA) is 15.3 Å². The minimum atomic E-state index is 0.511. The fourth-order valence-electron chi connectivity index (χ4n) is 2.93. The van der Waals surface area contributed by atoms with E-state index in [4.69, 9.17) is 0 Å². The molecule has 0 aromatic heterocycles. The van der Waals surface area contributed by atoms with Crippen LogP contribution in [-0.2, 0) is 0 Å². The minimum Gasteiger partial charge on any atom is -0.310 e. The second kappa shape index (κ2) is 7.66. The summed E-state index contributed by atoms with van der Waals surface area (Å²) in [6.45, 7) is 9.50. The van der Waals surface area contributed by atoms with Gasteiger partial charge in [0.15, 0.2) is 0 Å². The lowest BCUT2D eigenvalue weighted by molar-refractivity contribution is 0.302. The first-order valence-electron chi connectivity index (χ1n) is 7.80. The van der Waals surface area contributed by atoms with Gasteiger partial charge < -0.3 is 10.2 Å². The summed E-state index contributed by atoms with van der Waals surface area (Å²) in [6.07, 6.45) is 3.79. The van der Waals surface area contributed by atoms with Crippen molar-refractivity contribution in [2.24, 2.45) is 5.92 Å². The molecular formula is C17H28N2. The van der Waals surface area contributed by atoms with Crippen LogP contribution in [0.5, 0.6) is 0 Å². The van der Waals surface area contributed by atoms with Crippen LogP contribution >= 0.6 is 0 Å². The molecule has 0 radical (unpaired) electrons. The normalized spacial score (nSPS) is 21.7. The largest absolute Gasteiger partial charge is 0.310 e. The highest BCUT2D eigenvalue weighted by molar-refractivity contribution is 5.18. The first-order valence-corrected chi connectivity index (χ1v) is 7.80. The van der Waals surface area contributed by atoms with Gasteiger partial charge in [0.05, 0.1) is 0 Å². The van der Waals surface area contributed by atoms with E-state index in [1.165, 1.54) is 44.5 Å². The van der Waals surface area contributed by atoms with Gasteiger partial charge in [-0.2, -0.15) is 0 Å². The van der Waals surface area contributed by atoms with Crippen LogP contribution in [0.15, 0.2) is 30.3 Å². The lowest BCUT2D eigenvalue weighted by Crippen LogP contribution is -2.28. The molecule has 1 aromatic rings. The Hall–Kier alpha value is -0.860. The van der Waals surface area contributed by atoms with Crippen LogP contribution in [0, 0.1) is 5.92 Å². The Morgan fingerprint density at radius 1 is 1.32 bits per heavy atom. The molecular weight excluding hydrogens is 232 g/mol. The molecule has 106 valence electrons. The summed E-state index contributed by atoms with van der Waals surface area (Å²) >= 11 is 0. The molecule has 1 fully saturated rings. The predicted molar refractivity (Wildman–Crippen MR) is 82.3 cm³/mol. The van der Waals surface area contributed by atoms with Crippen molar-refractivity contribution in [1.29, 1.82) is 0 Å². The summed E-state index contributed by atoms with van der Waals surface area (Å²) < 4.78 is 0. The molecule has 0 saturated carbocycles. The van der Waals surface area contributed by atoms with E-state index < -0.39 is 0 Å². The quantitative estimate of drug-likeness (QED) is 0.807. The van der Waals surface area contributed by atoms with Gasteiger partial charge in [-0.15, -0.1) is 0 Å². The van der Waals surface area contributed by atoms with Gasteiger partial charge in [0.2, 0.25) is 0 Å². The highest BCUT2D eigenvalue weighted by Crippen LogP contribution is 2.20. The molecule has 1 N–H and O–H groups in total. The fraction of sp³-hybridized carbons (Fsp3) is 0.647. The number of hydrogen-bond acceptors (Lipinski definition) is 2. The Balaban J connectivity index is 1.87. The number of nitrogens with one attached hydrogen (secondary N) is 1. The van der Waals surface area contributed by atoms with E-state index in [1.54, 1.807) is 0 Å². The molecule has 2 rings (SSSR count). The van der Waals surface area contributed by atoms with Gasteiger partial charge >= 0.3 is 0 Å². The third-order valence-electron chi connectivity index (χ3n) is 4.08. The van der Waals surface area contributed by atoms with Crippen LogP contribution in [0.1, 0.15) is 44.7 Å². The van der Waals surface area contributed by atoms with Crippen LogP contribution in [0.2, 0.25) is 0 Å². The number of nitrogens with zero attached hydrogens (tertiary/aromatic N) is 1. The van der Waals surface area contributed by atoms with Crippen LogP contribution in [0.4, 0.5) is 0 Å². The second-order valence-electron chi connectivity index (χ2n) is 5.90. The van der Waals surface area contributed by atoms with Crippen molar-refractivity contribution in [3.05, 3.63) is 35.9 Å². The van der Waals surface area contributed by atoms with Crippen molar-refractivity contribution in [1.82, 2.24) is 10.2 Å². The molecule has 1 aliphatic rings. The molecule has 0 bridgehead atoms. The second-order valence-corrected chi connectivity index (χ2v) is 5.90. The molecule has 1 heterocycles. The van der Waals surface area contributed by atoms with E-state index in [0.29, 0.717) is 6.04 Å². The Bertz CT molecular complexity index is 350. The molecule has 2 atom stereocenters. The van der Waals surface area contributed by atoms with E-state index in [2.05, 4.69) is 54.4 Å². The maximum absolute atomic E-state index is 3.69. The van der Waals surface area contributed by atoms with Crippen molar-refractivity contribution in [2.45, 2.75) is 39.2 Å². The van der Waals surface area contributed by atoms with Gasteiger partial charge in [0.1, 0.15) is 0 Å². The standard InChI is InChI=1S/C17H28N2/c1-3-11-18-17(16-7-5-4-6-8-16)10-13-19-12-9-15(2)14-19/h4-8,15,17-18H,3,9-14H2,1-2H3. The van der Waals surface area contributed by atoms with E-state index in [9.17, 15) is 0 Å². The van der Waals surface area contributed by atoms with Gasteiger partial charge in [-0.3, -0.25) is 0 Å². The monoisotopic (exact) mass is 260 g/mol. The summed E-state index contributed by atoms with van der Waals surface area (Å²) in [6, 6.07) is 11.4. The average Bonchev–Trinajstić information content (AvgIpc) is 2.86. The zero-order valence-corrected chi connectivity index (χ0v) is 12.4. The molecule has 1 saturated heterocycles. The molecule has 19 heavy (non-hydrogen) atoms. The zero-order chi connectivity index (χ0) is 13.5. The Morgan fingerprint density at radius 2 is 2.11 bits per heavy atom. The smallest absolute Gasteiger partial charge is 0.0332 e. The summed E-state index contributed by atoms with van der Waals surface area (Å²) in [7, 11) is 0. The van der Waals surface area contributed by atoms with Crippen molar-refractivity contribution in [3.63, 3.8) is 0 Å². The minimum absolute atomic E-state index is 0.511. The fourth-order valence-corrected chi connectivity index (χ4v) is 2.93. The summed E-state index contributed by atoms with van der Waals surface area (Å²) in [5, 5.41) is 3.69. The number of rotatable bonds is 7. The van der Waals surface area contributed by atoms with Gasteiger partial charge in [0.25, 0.3) is 0 Å². The molecule has 0 aliphatic carbocycles. The summed E-state index contributed by atoms with van der Waals surface area (Å²) in [4.78, 5) is 2.62. The molecule has 0 amide bonds. The number of hydrogen-bond donors (Lipinski definition) is 1. The first kappa shape index (κ1) is 14.5. The molecule has 2 nitrogen and oxygen atoms in total. The number of benzene rings is 1. The third kappa shape index (κ3) is 4.63. The zero-order valence-electron chi connectivity index (χ0n) is 12.4. The summed E-state index contributed by atoms with van der Waals surface area (Å²) in [5.41, 5.74) is 1.43. The van der Waals surface area contributed by atoms with E-state index in [1.807, 2.05) is 0 Å². The Labute approximate surface area is 118 Å². The lowest BCUT2D eigenvalue weighted by atomic mass is 10.0. The van der Waals surface area contributed by atoms with Crippen molar-refractivity contribution < 1.29 is 0 Å². The van der Waals surface area contributed by atoms with Gasteiger partial charge in [-0.1, -0.05) is 44.2 Å². The first-order chi connectivity index (χ1) is 9.29. The van der Waals surface area contributed by atoms with Crippen molar-refractivity contribution in [2.75, 3.05) is 26.2 Å². The molecule has 2 unspecified atom stereocenters. The molecule has 0 spiro atoms. The molecule has 2 heteroatoms. The van der Waals surface area contributed by atoms with Crippen LogP contribution in [0.25, 0.3) is 0 Å². The molecule has 1 aliphatic heterocycles. The maximum atomic E-state index is 3.69. The SMILES string of the molecule is CCCNC(CCN1CCC(C)C1)c1ccccc1. The maximum Gasteiger partial charge on any atom is 0.0332 e. The Morgan fingerprint density at radius 3 is 2.74 bits per heavy atom. The molecule has 1 aromatic carbocycles. The lowest BCUT2D eigenvalue weighted by Gasteiger charge is -2.22. The van der Waals surface area contributed by atoms with Crippen LogP contribution in [0.3, 0.4) is 0 Å². The van der Waals surface area contributed by atoms with Crippen molar-refractivity contribution >= 4 is 0 Å². The van der Waals surface area contributed by atoms with E-state index >= 15 is 0 Å². The van der Waals surface area contributed by atoms with E-state index in [0.717, 1.165) is 12.5 Å². The third-order valence-corrected chi connectivity index (χ3v) is 4.08. The van der Waals surface area contributed by atoms with Gasteiger partial charge in [-0.05, 0) is 50.4 Å². The summed E-state index contributed by atoms with van der Waals surface area (Å²) in [5.74, 6) is 0.888. The number of likely N-dealkylation sites (tertiary alicyclic amines) is 1. The van der Waals surface area contributed by atoms with Crippen LogP contribution < -0.4 is 5.32 Å². The highest BCUT2D eigenvalue weighted by atomic mass is 15.1. The van der Waals surface area contributed by atoms with Gasteiger partial charge in [-0.25, -0.2) is 0 Å². The van der Waals surface area contributed by atoms with Gasteiger partial charge in [0, 0.05) is 12.6 Å².